The highest BCUT2D eigenvalue weighted by Crippen LogP contribution is 2.48. The van der Waals surface area contributed by atoms with Gasteiger partial charge in [-0.1, -0.05) is 26.8 Å². The van der Waals surface area contributed by atoms with E-state index >= 15 is 0 Å². The van der Waals surface area contributed by atoms with Crippen molar-refractivity contribution in [1.29, 1.82) is 0 Å². The van der Waals surface area contributed by atoms with Crippen molar-refractivity contribution in [2.75, 3.05) is 13.2 Å². The maximum absolute atomic E-state index is 12.6. The second kappa shape index (κ2) is 10.3. The fourth-order valence-electron chi connectivity index (χ4n) is 5.30. The lowest BCUT2D eigenvalue weighted by molar-refractivity contribution is -0.131. The molecule has 3 heterocycles. The zero-order valence-electron chi connectivity index (χ0n) is 20.9. The van der Waals surface area contributed by atoms with Gasteiger partial charge in [0.15, 0.2) is 0 Å². The van der Waals surface area contributed by atoms with Crippen molar-refractivity contribution in [1.82, 2.24) is 15.6 Å². The topological polar surface area (TPSA) is 92.7 Å². The predicted octanol–water partition coefficient (Wildman–Crippen LogP) is 3.61. The number of nitrogens with zero attached hydrogens (tertiary/aromatic N) is 1. The lowest BCUT2D eigenvalue weighted by Gasteiger charge is -2.47. The molecule has 0 unspecified atom stereocenters. The summed E-state index contributed by atoms with van der Waals surface area (Å²) < 4.78 is 11.9. The smallest absolute Gasteiger partial charge is 0.249 e. The van der Waals surface area contributed by atoms with Crippen LogP contribution in [0.2, 0.25) is 0 Å². The predicted molar refractivity (Wildman–Crippen MR) is 132 cm³/mol. The Morgan fingerprint density at radius 1 is 1.38 bits per heavy atom. The molecular weight excluding hydrogens is 430 g/mol. The summed E-state index contributed by atoms with van der Waals surface area (Å²) in [7, 11) is 0. The van der Waals surface area contributed by atoms with Gasteiger partial charge in [0.25, 0.3) is 0 Å². The molecule has 1 aliphatic carbocycles. The summed E-state index contributed by atoms with van der Waals surface area (Å²) in [6.07, 6.45) is 9.66. The van der Waals surface area contributed by atoms with Crippen LogP contribution in [-0.2, 0) is 16.0 Å². The Kier molecular flexibility index (Phi) is 7.65. The third kappa shape index (κ3) is 5.99. The molecule has 1 spiro atoms. The Hall–Kier alpha value is -1.96. The van der Waals surface area contributed by atoms with Crippen molar-refractivity contribution < 1.29 is 19.4 Å². The average molecular weight is 472 g/mol. The van der Waals surface area contributed by atoms with E-state index in [1.54, 1.807) is 6.08 Å². The van der Waals surface area contributed by atoms with Crippen molar-refractivity contribution in [2.24, 2.45) is 5.41 Å². The summed E-state index contributed by atoms with van der Waals surface area (Å²) >= 11 is 0. The summed E-state index contributed by atoms with van der Waals surface area (Å²) in [6, 6.07) is 1.84. The fraction of sp³-hybridized carbons (Fsp3) is 0.704. The Morgan fingerprint density at radius 3 is 2.79 bits per heavy atom. The molecule has 7 heteroatoms. The highest BCUT2D eigenvalue weighted by atomic mass is 16.5. The lowest BCUT2D eigenvalue weighted by Crippen LogP contribution is -2.52. The Balaban J connectivity index is 1.45. The Bertz CT molecular complexity index is 871. The van der Waals surface area contributed by atoms with Gasteiger partial charge in [-0.15, -0.1) is 6.58 Å². The fourth-order valence-corrected chi connectivity index (χ4v) is 5.30. The molecule has 2 aliphatic heterocycles. The molecule has 1 saturated carbocycles. The Morgan fingerprint density at radius 2 is 2.18 bits per heavy atom. The first-order chi connectivity index (χ1) is 16.2. The molecule has 2 fully saturated rings. The number of hydrogen-bond donors (Lipinski definition) is 3. The molecule has 4 atom stereocenters. The number of aliphatic hydroxyl groups excluding tert-OH is 1. The zero-order valence-corrected chi connectivity index (χ0v) is 20.9. The van der Waals surface area contributed by atoms with Gasteiger partial charge in [-0.3, -0.25) is 4.79 Å². The molecule has 188 valence electrons. The number of aliphatic hydroxyl groups is 1. The van der Waals surface area contributed by atoms with Gasteiger partial charge in [0.05, 0.1) is 12.1 Å². The van der Waals surface area contributed by atoms with E-state index in [1.165, 1.54) is 12.0 Å². The third-order valence-corrected chi connectivity index (χ3v) is 7.21. The lowest BCUT2D eigenvalue weighted by atomic mass is 9.73. The number of carbonyl (C=O) groups is 1. The first-order valence-corrected chi connectivity index (χ1v) is 12.8. The van der Waals surface area contributed by atoms with Crippen molar-refractivity contribution in [3.8, 4) is 5.88 Å². The van der Waals surface area contributed by atoms with Crippen molar-refractivity contribution in [3.63, 3.8) is 0 Å². The van der Waals surface area contributed by atoms with Gasteiger partial charge < -0.3 is 25.2 Å². The van der Waals surface area contributed by atoms with Crippen LogP contribution in [0.25, 0.3) is 0 Å². The first kappa shape index (κ1) is 25.1. The molecule has 3 N–H and O–H groups in total. The standard InChI is InChI=1S/C27H41N3O4/c1-5-8-20(30-24(32)23-9-6-12-33-23)22(31)17-28-21-15-27(10-7-11-27)34-25-19(21)13-18(16-29-25)14-26(2,3)4/h5,13,16,20-23,28,31H,1,6-12,14-15,17H2,2-4H3,(H,30,32)/t20-,21-,22+,23+/m0/s1. The highest BCUT2D eigenvalue weighted by molar-refractivity contribution is 5.81. The number of hydrogen-bond acceptors (Lipinski definition) is 6. The van der Waals surface area contributed by atoms with Crippen LogP contribution in [0.15, 0.2) is 24.9 Å². The highest BCUT2D eigenvalue weighted by Gasteiger charge is 2.46. The molecule has 3 aliphatic rings. The van der Waals surface area contributed by atoms with Gasteiger partial charge in [0.2, 0.25) is 11.8 Å². The normalized spacial score (nSPS) is 25.1. The van der Waals surface area contributed by atoms with Crippen LogP contribution in [0.4, 0.5) is 0 Å². The largest absolute Gasteiger partial charge is 0.471 e. The zero-order chi connectivity index (χ0) is 24.3. The molecular formula is C27H41N3O4. The van der Waals surface area contributed by atoms with E-state index in [0.29, 0.717) is 25.5 Å². The van der Waals surface area contributed by atoms with Crippen molar-refractivity contribution in [2.45, 2.75) is 102 Å². The Labute approximate surface area is 203 Å². The molecule has 0 aromatic carbocycles. The first-order valence-electron chi connectivity index (χ1n) is 12.8. The van der Waals surface area contributed by atoms with Crippen LogP contribution in [0, 0.1) is 5.41 Å². The number of rotatable bonds is 9. The van der Waals surface area contributed by atoms with Crippen LogP contribution >= 0.6 is 0 Å². The minimum atomic E-state index is -0.752. The molecule has 0 bridgehead atoms. The van der Waals surface area contributed by atoms with Gasteiger partial charge in [-0.25, -0.2) is 4.98 Å². The second-order valence-electron chi connectivity index (χ2n) is 11.5. The van der Waals surface area contributed by atoms with E-state index in [9.17, 15) is 9.90 Å². The summed E-state index contributed by atoms with van der Waals surface area (Å²) in [4.78, 5) is 17.3. The quantitative estimate of drug-likeness (QED) is 0.477. The van der Waals surface area contributed by atoms with Crippen molar-refractivity contribution in [3.05, 3.63) is 36.0 Å². The molecule has 7 nitrogen and oxygen atoms in total. The molecule has 1 amide bonds. The van der Waals surface area contributed by atoms with Gasteiger partial charge >= 0.3 is 0 Å². The van der Waals surface area contributed by atoms with Crippen LogP contribution in [0.1, 0.15) is 82.9 Å². The molecule has 4 rings (SSSR count). The molecule has 34 heavy (non-hydrogen) atoms. The van der Waals surface area contributed by atoms with Gasteiger partial charge in [-0.05, 0) is 62.0 Å². The van der Waals surface area contributed by atoms with E-state index in [4.69, 9.17) is 14.5 Å². The minimum Gasteiger partial charge on any atom is -0.471 e. The van der Waals surface area contributed by atoms with E-state index in [-0.39, 0.29) is 23.0 Å². The van der Waals surface area contributed by atoms with E-state index < -0.39 is 18.2 Å². The second-order valence-corrected chi connectivity index (χ2v) is 11.5. The van der Waals surface area contributed by atoms with Gasteiger partial charge in [0, 0.05) is 37.4 Å². The number of carbonyl (C=O) groups excluding carboxylic acids is 1. The van der Waals surface area contributed by atoms with Crippen LogP contribution in [0.5, 0.6) is 5.88 Å². The number of fused-ring (bicyclic) bond motifs is 1. The van der Waals surface area contributed by atoms with Crippen LogP contribution in [-0.4, -0.2) is 53.0 Å². The number of ether oxygens (including phenoxy) is 2. The summed E-state index contributed by atoms with van der Waals surface area (Å²) in [5.74, 6) is 0.564. The maximum Gasteiger partial charge on any atom is 0.249 e. The van der Waals surface area contributed by atoms with Crippen LogP contribution < -0.4 is 15.4 Å². The van der Waals surface area contributed by atoms with E-state index in [1.807, 2.05) is 6.20 Å². The monoisotopic (exact) mass is 471 g/mol. The molecule has 1 aromatic rings. The van der Waals surface area contributed by atoms with Gasteiger partial charge in [0.1, 0.15) is 11.7 Å². The number of nitrogens with one attached hydrogen (secondary N) is 2. The van der Waals surface area contributed by atoms with Crippen molar-refractivity contribution >= 4 is 5.91 Å². The maximum atomic E-state index is 12.6. The average Bonchev–Trinajstić information content (AvgIpc) is 3.30. The SMILES string of the molecule is C=CC[C@H](NC(=O)[C@H]1CCCO1)[C@H](O)CN[C@H]1CC2(CCC2)Oc2ncc(CC(C)(C)C)cc21. The summed E-state index contributed by atoms with van der Waals surface area (Å²) in [6.45, 7) is 11.5. The molecule has 1 saturated heterocycles. The van der Waals surface area contributed by atoms with E-state index in [2.05, 4.69) is 44.1 Å². The number of aromatic nitrogens is 1. The van der Waals surface area contributed by atoms with E-state index in [0.717, 1.165) is 44.1 Å². The molecule has 1 aromatic heterocycles. The van der Waals surface area contributed by atoms with Gasteiger partial charge in [-0.2, -0.15) is 0 Å². The molecule has 0 radical (unpaired) electrons. The third-order valence-electron chi connectivity index (χ3n) is 7.21. The minimum absolute atomic E-state index is 0.0457. The summed E-state index contributed by atoms with van der Waals surface area (Å²) in [5.41, 5.74) is 2.27. The van der Waals surface area contributed by atoms with Crippen LogP contribution in [0.3, 0.4) is 0 Å². The summed E-state index contributed by atoms with van der Waals surface area (Å²) in [5, 5.41) is 17.6. The number of pyridine rings is 1. The number of amides is 1.